The van der Waals surface area contributed by atoms with Gasteiger partial charge in [-0.2, -0.15) is 0 Å². The highest BCUT2D eigenvalue weighted by Crippen LogP contribution is 2.39. The fourth-order valence-corrected chi connectivity index (χ4v) is 2.57. The summed E-state index contributed by atoms with van der Waals surface area (Å²) in [4.78, 5) is 0. The van der Waals surface area contributed by atoms with E-state index in [9.17, 15) is 5.11 Å². The predicted molar refractivity (Wildman–Crippen MR) is 63.0 cm³/mol. The third kappa shape index (κ3) is 2.15. The topological polar surface area (TPSA) is 32.3 Å². The third-order valence-electron chi connectivity index (χ3n) is 3.21. The van der Waals surface area contributed by atoms with Gasteiger partial charge in [0.05, 0.1) is 12.1 Å². The standard InChI is InChI=1S/C13H19NO/c1-10-4-3-5-12(6-10)14-13(9-15)7-11(2)8-13/h3-6,11,14-15H,7-9H2,1-2H3. The molecule has 0 saturated heterocycles. The highest BCUT2D eigenvalue weighted by atomic mass is 16.3. The van der Waals surface area contributed by atoms with Gasteiger partial charge in [0.2, 0.25) is 0 Å². The number of anilines is 1. The van der Waals surface area contributed by atoms with Crippen molar-refractivity contribution in [2.45, 2.75) is 32.2 Å². The van der Waals surface area contributed by atoms with E-state index in [1.165, 1.54) is 5.56 Å². The molecule has 82 valence electrons. The maximum atomic E-state index is 9.42. The number of aliphatic hydroxyl groups excluding tert-OH is 1. The summed E-state index contributed by atoms with van der Waals surface area (Å²) >= 11 is 0. The van der Waals surface area contributed by atoms with Gasteiger partial charge in [-0.15, -0.1) is 0 Å². The monoisotopic (exact) mass is 205 g/mol. The van der Waals surface area contributed by atoms with Crippen LogP contribution in [-0.2, 0) is 0 Å². The zero-order valence-electron chi connectivity index (χ0n) is 9.46. The van der Waals surface area contributed by atoms with Crippen LogP contribution in [0.5, 0.6) is 0 Å². The Morgan fingerprint density at radius 2 is 2.20 bits per heavy atom. The van der Waals surface area contributed by atoms with Crippen LogP contribution in [0.25, 0.3) is 0 Å². The van der Waals surface area contributed by atoms with Crippen LogP contribution in [0, 0.1) is 12.8 Å². The average Bonchev–Trinajstić information content (AvgIpc) is 2.15. The van der Waals surface area contributed by atoms with E-state index in [4.69, 9.17) is 0 Å². The van der Waals surface area contributed by atoms with Crippen molar-refractivity contribution in [3.05, 3.63) is 29.8 Å². The highest BCUT2D eigenvalue weighted by molar-refractivity contribution is 5.48. The SMILES string of the molecule is Cc1cccc(NC2(CO)CC(C)C2)c1. The van der Waals surface area contributed by atoms with E-state index in [1.807, 2.05) is 6.07 Å². The lowest BCUT2D eigenvalue weighted by Crippen LogP contribution is -2.52. The van der Waals surface area contributed by atoms with Crippen LogP contribution < -0.4 is 5.32 Å². The second-order valence-electron chi connectivity index (χ2n) is 4.95. The molecule has 1 aromatic rings. The Morgan fingerprint density at radius 1 is 1.47 bits per heavy atom. The van der Waals surface area contributed by atoms with Crippen LogP contribution in [0.15, 0.2) is 24.3 Å². The second kappa shape index (κ2) is 3.86. The second-order valence-corrected chi connectivity index (χ2v) is 4.95. The van der Waals surface area contributed by atoms with E-state index in [1.54, 1.807) is 0 Å². The third-order valence-corrected chi connectivity index (χ3v) is 3.21. The molecular weight excluding hydrogens is 186 g/mol. The van der Waals surface area contributed by atoms with Crippen molar-refractivity contribution < 1.29 is 5.11 Å². The molecule has 0 radical (unpaired) electrons. The molecule has 0 heterocycles. The Bertz CT molecular complexity index is 342. The van der Waals surface area contributed by atoms with Gasteiger partial charge in [-0.05, 0) is 43.4 Å². The van der Waals surface area contributed by atoms with Crippen molar-refractivity contribution in [2.75, 3.05) is 11.9 Å². The lowest BCUT2D eigenvalue weighted by molar-refractivity contribution is 0.0992. The summed E-state index contributed by atoms with van der Waals surface area (Å²) in [7, 11) is 0. The predicted octanol–water partition coefficient (Wildman–Crippen LogP) is 2.57. The molecule has 1 aromatic carbocycles. The van der Waals surface area contributed by atoms with Gasteiger partial charge in [0, 0.05) is 5.69 Å². The fourth-order valence-electron chi connectivity index (χ4n) is 2.57. The van der Waals surface area contributed by atoms with Crippen molar-refractivity contribution in [1.82, 2.24) is 0 Å². The lowest BCUT2D eigenvalue weighted by atomic mass is 9.69. The summed E-state index contributed by atoms with van der Waals surface area (Å²) in [6.07, 6.45) is 2.13. The summed E-state index contributed by atoms with van der Waals surface area (Å²) < 4.78 is 0. The van der Waals surface area contributed by atoms with Crippen molar-refractivity contribution >= 4 is 5.69 Å². The molecular formula is C13H19NO. The molecule has 2 heteroatoms. The van der Waals surface area contributed by atoms with Crippen molar-refractivity contribution in [2.24, 2.45) is 5.92 Å². The Kier molecular flexibility index (Phi) is 2.70. The smallest absolute Gasteiger partial charge is 0.0661 e. The molecule has 2 N–H and O–H groups in total. The van der Waals surface area contributed by atoms with Gasteiger partial charge in [0.1, 0.15) is 0 Å². The number of hydrogen-bond acceptors (Lipinski definition) is 2. The Hall–Kier alpha value is -1.02. The van der Waals surface area contributed by atoms with Gasteiger partial charge in [-0.3, -0.25) is 0 Å². The molecule has 15 heavy (non-hydrogen) atoms. The molecule has 0 aromatic heterocycles. The minimum absolute atomic E-state index is 0.0623. The highest BCUT2D eigenvalue weighted by Gasteiger charge is 2.41. The van der Waals surface area contributed by atoms with Crippen LogP contribution in [0.3, 0.4) is 0 Å². The van der Waals surface area contributed by atoms with Crippen LogP contribution in [0.2, 0.25) is 0 Å². The minimum atomic E-state index is -0.0623. The molecule has 0 unspecified atom stereocenters. The molecule has 0 bridgehead atoms. The lowest BCUT2D eigenvalue weighted by Gasteiger charge is -2.46. The molecule has 2 nitrogen and oxygen atoms in total. The van der Waals surface area contributed by atoms with Gasteiger partial charge in [-0.25, -0.2) is 0 Å². The summed E-state index contributed by atoms with van der Waals surface area (Å²) in [6.45, 7) is 4.54. The van der Waals surface area contributed by atoms with Gasteiger partial charge >= 0.3 is 0 Å². The van der Waals surface area contributed by atoms with Crippen LogP contribution >= 0.6 is 0 Å². The number of benzene rings is 1. The van der Waals surface area contributed by atoms with E-state index in [2.05, 4.69) is 37.4 Å². The molecule has 1 fully saturated rings. The molecule has 1 aliphatic rings. The first-order valence-corrected chi connectivity index (χ1v) is 5.59. The zero-order valence-corrected chi connectivity index (χ0v) is 9.46. The number of aliphatic hydroxyl groups is 1. The van der Waals surface area contributed by atoms with Gasteiger partial charge in [0.25, 0.3) is 0 Å². The van der Waals surface area contributed by atoms with E-state index < -0.39 is 0 Å². The fraction of sp³-hybridized carbons (Fsp3) is 0.538. The zero-order chi connectivity index (χ0) is 10.9. The summed E-state index contributed by atoms with van der Waals surface area (Å²) in [5.74, 6) is 0.731. The molecule has 0 atom stereocenters. The van der Waals surface area contributed by atoms with Gasteiger partial charge in [0.15, 0.2) is 0 Å². The molecule has 0 spiro atoms. The number of aryl methyl sites for hydroxylation is 1. The maximum Gasteiger partial charge on any atom is 0.0661 e. The average molecular weight is 205 g/mol. The summed E-state index contributed by atoms with van der Waals surface area (Å²) in [5, 5.41) is 12.9. The number of nitrogens with one attached hydrogen (secondary N) is 1. The molecule has 2 rings (SSSR count). The summed E-state index contributed by atoms with van der Waals surface area (Å²) in [6, 6.07) is 8.32. The van der Waals surface area contributed by atoms with Crippen LogP contribution in [0.1, 0.15) is 25.3 Å². The normalized spacial score (nSPS) is 29.7. The first-order valence-electron chi connectivity index (χ1n) is 5.59. The first-order chi connectivity index (χ1) is 7.13. The van der Waals surface area contributed by atoms with Gasteiger partial charge < -0.3 is 10.4 Å². The largest absolute Gasteiger partial charge is 0.394 e. The molecule has 0 aliphatic heterocycles. The van der Waals surface area contributed by atoms with Crippen LogP contribution in [-0.4, -0.2) is 17.3 Å². The number of rotatable bonds is 3. The van der Waals surface area contributed by atoms with E-state index in [-0.39, 0.29) is 12.1 Å². The van der Waals surface area contributed by atoms with Crippen molar-refractivity contribution in [3.63, 3.8) is 0 Å². The van der Waals surface area contributed by atoms with Crippen molar-refractivity contribution in [1.29, 1.82) is 0 Å². The molecule has 1 aliphatic carbocycles. The molecule has 0 amide bonds. The Morgan fingerprint density at radius 3 is 2.73 bits per heavy atom. The quantitative estimate of drug-likeness (QED) is 0.795. The van der Waals surface area contributed by atoms with E-state index in [0.717, 1.165) is 24.4 Å². The summed E-state index contributed by atoms with van der Waals surface area (Å²) in [5.41, 5.74) is 2.31. The minimum Gasteiger partial charge on any atom is -0.394 e. The van der Waals surface area contributed by atoms with E-state index in [0.29, 0.717) is 0 Å². The van der Waals surface area contributed by atoms with E-state index >= 15 is 0 Å². The molecule has 1 saturated carbocycles. The number of hydrogen-bond donors (Lipinski definition) is 2. The Balaban J connectivity index is 2.07. The van der Waals surface area contributed by atoms with Gasteiger partial charge in [-0.1, -0.05) is 19.1 Å². The maximum absolute atomic E-state index is 9.42. The first kappa shape index (κ1) is 10.5. The van der Waals surface area contributed by atoms with Crippen LogP contribution in [0.4, 0.5) is 5.69 Å². The van der Waals surface area contributed by atoms with Crippen molar-refractivity contribution in [3.8, 4) is 0 Å². The Labute approximate surface area is 91.3 Å².